The summed E-state index contributed by atoms with van der Waals surface area (Å²) >= 11 is 0. The molecule has 2 aromatic carbocycles. The number of carbonyl (C=O) groups excluding carboxylic acids is 1. The molecule has 0 aromatic heterocycles. The van der Waals surface area contributed by atoms with Crippen LogP contribution in [0.2, 0.25) is 0 Å². The average molecular weight is 518 g/mol. The number of nitrogens with zero attached hydrogens (tertiary/aromatic N) is 2. The fourth-order valence-electron chi connectivity index (χ4n) is 5.69. The van der Waals surface area contributed by atoms with E-state index in [-0.39, 0.29) is 21.9 Å². The zero-order chi connectivity index (χ0) is 26.7. The predicted molar refractivity (Wildman–Crippen MR) is 141 cm³/mol. The Balaban J connectivity index is 1.74. The second-order valence-electron chi connectivity index (χ2n) is 12.3. The van der Waals surface area contributed by atoms with Gasteiger partial charge in [0.25, 0.3) is 0 Å². The number of carbonyl (C=O) groups is 1. The number of amides is 1. The number of hydrogen-bond acceptors (Lipinski definition) is 6. The van der Waals surface area contributed by atoms with Gasteiger partial charge in [-0.05, 0) is 102 Å². The fourth-order valence-corrected chi connectivity index (χ4v) is 6.24. The topological polar surface area (TPSA) is 102 Å². The molecule has 2 aromatic rings. The lowest BCUT2D eigenvalue weighted by Gasteiger charge is -2.51. The highest BCUT2D eigenvalue weighted by atomic mass is 32.2. The van der Waals surface area contributed by atoms with E-state index in [1.54, 1.807) is 17.0 Å². The molecule has 1 unspecified atom stereocenters. The lowest BCUT2D eigenvalue weighted by molar-refractivity contribution is -0.282. The first-order valence-corrected chi connectivity index (χ1v) is 14.1. The smallest absolute Gasteiger partial charge is 0.414 e. The monoisotopic (exact) mass is 517 g/mol. The molecule has 8 nitrogen and oxygen atoms in total. The zero-order valence-corrected chi connectivity index (χ0v) is 23.2. The maximum Gasteiger partial charge on any atom is 0.414 e. The highest BCUT2D eigenvalue weighted by molar-refractivity contribution is 7.89. The molecule has 0 spiro atoms. The van der Waals surface area contributed by atoms with Crippen LogP contribution in [0, 0.1) is 0 Å². The summed E-state index contributed by atoms with van der Waals surface area (Å²) in [6, 6.07) is 8.54. The molecular formula is C27H39N3O5S. The molecule has 36 heavy (non-hydrogen) atoms. The number of anilines is 1. The normalized spacial score (nSPS) is 22.0. The van der Waals surface area contributed by atoms with E-state index < -0.39 is 21.7 Å². The van der Waals surface area contributed by atoms with Crippen LogP contribution in [0.3, 0.4) is 0 Å². The molecule has 2 heterocycles. The van der Waals surface area contributed by atoms with E-state index in [1.807, 2.05) is 32.9 Å². The Hall–Kier alpha value is -2.20. The van der Waals surface area contributed by atoms with Crippen molar-refractivity contribution in [2.24, 2.45) is 5.14 Å². The van der Waals surface area contributed by atoms with Gasteiger partial charge in [-0.3, -0.25) is 9.74 Å². The quantitative estimate of drug-likeness (QED) is 0.590. The van der Waals surface area contributed by atoms with Crippen molar-refractivity contribution in [1.29, 1.82) is 0 Å². The van der Waals surface area contributed by atoms with Crippen LogP contribution in [0.5, 0.6) is 0 Å². The van der Waals surface area contributed by atoms with Crippen molar-refractivity contribution >= 4 is 32.6 Å². The number of hydroxylamine groups is 2. The number of fused-ring (bicyclic) bond motifs is 3. The molecule has 0 saturated carbocycles. The van der Waals surface area contributed by atoms with Crippen molar-refractivity contribution < 1.29 is 22.8 Å². The van der Waals surface area contributed by atoms with Gasteiger partial charge in [0.15, 0.2) is 0 Å². The summed E-state index contributed by atoms with van der Waals surface area (Å²) in [5.41, 5.74) is 0.848. The molecule has 1 fully saturated rings. The average Bonchev–Trinajstić information content (AvgIpc) is 3.09. The predicted octanol–water partition coefficient (Wildman–Crippen LogP) is 5.30. The summed E-state index contributed by atoms with van der Waals surface area (Å²) in [5.74, 6) is -0.120. The van der Waals surface area contributed by atoms with Gasteiger partial charge in [-0.1, -0.05) is 12.1 Å². The zero-order valence-electron chi connectivity index (χ0n) is 22.4. The lowest BCUT2D eigenvalue weighted by atomic mass is 9.82. The first-order chi connectivity index (χ1) is 16.5. The van der Waals surface area contributed by atoms with Crippen LogP contribution in [0.4, 0.5) is 10.5 Å². The van der Waals surface area contributed by atoms with Gasteiger partial charge >= 0.3 is 6.09 Å². The number of hydrogen-bond donors (Lipinski definition) is 1. The van der Waals surface area contributed by atoms with Crippen LogP contribution in [-0.2, 0) is 19.6 Å². The van der Waals surface area contributed by atoms with Gasteiger partial charge in [0.1, 0.15) is 5.60 Å². The van der Waals surface area contributed by atoms with Crippen molar-refractivity contribution in [1.82, 2.24) is 5.06 Å². The summed E-state index contributed by atoms with van der Waals surface area (Å²) in [7, 11) is -3.83. The van der Waals surface area contributed by atoms with Crippen LogP contribution in [-0.4, -0.2) is 49.4 Å². The van der Waals surface area contributed by atoms with Crippen molar-refractivity contribution in [3.63, 3.8) is 0 Å². The Labute approximate surface area is 214 Å². The van der Waals surface area contributed by atoms with Crippen molar-refractivity contribution in [2.75, 3.05) is 18.1 Å². The van der Waals surface area contributed by atoms with Crippen LogP contribution in [0.25, 0.3) is 10.8 Å². The van der Waals surface area contributed by atoms with E-state index in [4.69, 9.17) is 14.7 Å². The first-order valence-electron chi connectivity index (χ1n) is 12.5. The number of rotatable bonds is 4. The Morgan fingerprint density at radius 3 is 2.31 bits per heavy atom. The van der Waals surface area contributed by atoms with Crippen molar-refractivity contribution in [3.8, 4) is 0 Å². The second-order valence-corrected chi connectivity index (χ2v) is 13.8. The summed E-state index contributed by atoms with van der Waals surface area (Å²) in [4.78, 5) is 21.4. The molecule has 0 bridgehead atoms. The van der Waals surface area contributed by atoms with E-state index in [0.717, 1.165) is 41.3 Å². The van der Waals surface area contributed by atoms with E-state index in [0.29, 0.717) is 13.2 Å². The lowest BCUT2D eigenvalue weighted by Crippen LogP contribution is -2.58. The van der Waals surface area contributed by atoms with Crippen LogP contribution in [0.1, 0.15) is 79.2 Å². The fraction of sp³-hybridized carbons (Fsp3) is 0.593. The maximum absolute atomic E-state index is 13.2. The van der Waals surface area contributed by atoms with Gasteiger partial charge in [0, 0.05) is 23.5 Å². The molecule has 4 rings (SSSR count). The summed E-state index contributed by atoms with van der Waals surface area (Å²) in [5, 5.41) is 9.11. The third-order valence-corrected chi connectivity index (χ3v) is 8.05. The molecule has 2 aliphatic rings. The Morgan fingerprint density at radius 2 is 1.72 bits per heavy atom. The highest BCUT2D eigenvalue weighted by Crippen LogP contribution is 2.44. The summed E-state index contributed by atoms with van der Waals surface area (Å²) in [6.45, 7) is 15.1. The molecular weight excluding hydrogens is 478 g/mol. The highest BCUT2D eigenvalue weighted by Gasteiger charge is 2.44. The molecule has 0 radical (unpaired) electrons. The maximum atomic E-state index is 13.2. The number of sulfonamides is 1. The summed E-state index contributed by atoms with van der Waals surface area (Å²) < 4.78 is 29.6. The number of benzene rings is 2. The largest absolute Gasteiger partial charge is 0.443 e. The third kappa shape index (κ3) is 5.25. The van der Waals surface area contributed by atoms with Gasteiger partial charge in [-0.15, -0.1) is 0 Å². The van der Waals surface area contributed by atoms with Gasteiger partial charge in [-0.2, -0.15) is 5.06 Å². The van der Waals surface area contributed by atoms with Crippen molar-refractivity contribution in [3.05, 3.63) is 35.9 Å². The Kier molecular flexibility index (Phi) is 6.69. The third-order valence-electron chi connectivity index (χ3n) is 7.14. The van der Waals surface area contributed by atoms with E-state index in [9.17, 15) is 13.2 Å². The molecule has 1 atom stereocenters. The molecule has 1 amide bonds. The molecule has 9 heteroatoms. The molecule has 0 aliphatic carbocycles. The summed E-state index contributed by atoms with van der Waals surface area (Å²) in [6.07, 6.45) is 2.82. The minimum atomic E-state index is -3.83. The first kappa shape index (κ1) is 26.9. The van der Waals surface area contributed by atoms with Crippen LogP contribution < -0.4 is 10.0 Å². The second kappa shape index (κ2) is 8.97. The van der Waals surface area contributed by atoms with Crippen molar-refractivity contribution in [2.45, 2.75) is 95.2 Å². The van der Waals surface area contributed by atoms with Crippen LogP contribution in [0.15, 0.2) is 35.2 Å². The minimum Gasteiger partial charge on any atom is -0.443 e. The van der Waals surface area contributed by atoms with Gasteiger partial charge in [-0.25, -0.2) is 18.4 Å². The van der Waals surface area contributed by atoms with E-state index in [2.05, 4.69) is 32.8 Å². The standard InChI is InChI=1S/C27H39N3O5S/c1-25(2,3)35-24(31)29-16-19(17-34-30-26(4,5)13-8-14-27(30,6)7)23-21-11-10-20(36(28,32)33)15-18(21)9-12-22(23)29/h9-12,15,19H,8,13-14,16-17H2,1-7H3,(H2,28,32,33). The minimum absolute atomic E-state index is 0.0570. The molecule has 198 valence electrons. The molecule has 1 saturated heterocycles. The number of ether oxygens (including phenoxy) is 1. The Bertz CT molecular complexity index is 1260. The number of primary sulfonamides is 1. The molecule has 2 N–H and O–H groups in total. The van der Waals surface area contributed by atoms with Crippen LogP contribution >= 0.6 is 0 Å². The van der Waals surface area contributed by atoms with E-state index >= 15 is 0 Å². The molecule has 2 aliphatic heterocycles. The Morgan fingerprint density at radius 1 is 1.08 bits per heavy atom. The number of nitrogens with two attached hydrogens (primary N) is 1. The van der Waals surface area contributed by atoms with E-state index in [1.165, 1.54) is 6.07 Å². The van der Waals surface area contributed by atoms with Gasteiger partial charge in [0.2, 0.25) is 10.0 Å². The SMILES string of the molecule is CC(C)(C)OC(=O)N1CC(CON2C(C)(C)CCCC2(C)C)c2c1ccc1cc(S(N)(=O)=O)ccc21. The van der Waals surface area contributed by atoms with Gasteiger partial charge in [0.05, 0.1) is 17.2 Å². The van der Waals surface area contributed by atoms with Gasteiger partial charge < -0.3 is 4.74 Å². The number of piperidine rings is 1.